The van der Waals surface area contributed by atoms with E-state index in [0.29, 0.717) is 21.3 Å². The Morgan fingerprint density at radius 3 is 1.67 bits per heavy atom. The van der Waals surface area contributed by atoms with Crippen molar-refractivity contribution < 1.29 is 14.0 Å². The summed E-state index contributed by atoms with van der Waals surface area (Å²) in [6, 6.07) is 14.5. The molecule has 4 heteroatoms. The molecule has 0 aliphatic carbocycles. The first-order valence-electron chi connectivity index (χ1n) is 5.44. The Hall–Kier alpha value is -1.65. The van der Waals surface area contributed by atoms with Gasteiger partial charge in [-0.15, -0.1) is 0 Å². The van der Waals surface area contributed by atoms with Gasteiger partial charge in [0.05, 0.1) is 14.2 Å². The molecule has 0 radical (unpaired) electrons. The molecule has 2 aromatic rings. The Bertz CT molecular complexity index is 480. The van der Waals surface area contributed by atoms with E-state index in [0.717, 1.165) is 0 Å². The number of methoxy groups -OCH3 is 2. The molecule has 94 valence electrons. The van der Waals surface area contributed by atoms with Gasteiger partial charge in [-0.1, -0.05) is 12.1 Å². The van der Waals surface area contributed by atoms with Crippen LogP contribution in [0.15, 0.2) is 58.3 Å². The summed E-state index contributed by atoms with van der Waals surface area (Å²) < 4.78 is 22.6. The lowest BCUT2D eigenvalue weighted by Crippen LogP contribution is -2.02. The minimum Gasteiger partial charge on any atom is -0.606 e. The number of ether oxygens (including phenoxy) is 2. The van der Waals surface area contributed by atoms with E-state index in [4.69, 9.17) is 9.47 Å². The third-order valence-electron chi connectivity index (χ3n) is 2.51. The third-order valence-corrected chi connectivity index (χ3v) is 3.87. The highest BCUT2D eigenvalue weighted by molar-refractivity contribution is 7.91. The normalized spacial score (nSPS) is 10.4. The first-order chi connectivity index (χ1) is 8.74. The fraction of sp³-hybridized carbons (Fsp3) is 0.143. The van der Waals surface area contributed by atoms with Crippen molar-refractivity contribution in [2.75, 3.05) is 14.2 Å². The van der Waals surface area contributed by atoms with Crippen LogP contribution in [0.1, 0.15) is 0 Å². The van der Waals surface area contributed by atoms with E-state index in [9.17, 15) is 4.55 Å². The minimum absolute atomic E-state index is 0.698. The Labute approximate surface area is 110 Å². The Kier molecular flexibility index (Phi) is 4.12. The molecule has 0 aromatic heterocycles. The van der Waals surface area contributed by atoms with Crippen molar-refractivity contribution in [3.8, 4) is 11.5 Å². The zero-order valence-corrected chi connectivity index (χ0v) is 11.1. The van der Waals surface area contributed by atoms with Crippen LogP contribution in [0.5, 0.6) is 11.5 Å². The highest BCUT2D eigenvalue weighted by Gasteiger charge is 2.16. The van der Waals surface area contributed by atoms with Crippen molar-refractivity contribution in [2.24, 2.45) is 0 Å². The van der Waals surface area contributed by atoms with Gasteiger partial charge >= 0.3 is 0 Å². The molecule has 0 N–H and O–H groups in total. The van der Waals surface area contributed by atoms with E-state index >= 15 is 0 Å². The molecule has 2 aromatic carbocycles. The highest BCUT2D eigenvalue weighted by Crippen LogP contribution is 2.26. The second kappa shape index (κ2) is 5.80. The first-order valence-corrected chi connectivity index (χ1v) is 6.59. The van der Waals surface area contributed by atoms with E-state index in [1.807, 2.05) is 36.4 Å². The zero-order valence-electron chi connectivity index (χ0n) is 10.3. The van der Waals surface area contributed by atoms with Gasteiger partial charge in [-0.05, 0) is 24.3 Å². The van der Waals surface area contributed by atoms with Crippen LogP contribution in [0.25, 0.3) is 0 Å². The van der Waals surface area contributed by atoms with Gasteiger partial charge in [-0.3, -0.25) is 0 Å². The summed E-state index contributed by atoms with van der Waals surface area (Å²) in [5.41, 5.74) is 0. The zero-order chi connectivity index (χ0) is 13.0. The second-order valence-electron chi connectivity index (χ2n) is 3.63. The number of hydrogen-bond acceptors (Lipinski definition) is 3. The van der Waals surface area contributed by atoms with E-state index in [1.54, 1.807) is 26.4 Å². The van der Waals surface area contributed by atoms with Crippen LogP contribution in [0.3, 0.4) is 0 Å². The molecule has 0 saturated carbocycles. The maximum Gasteiger partial charge on any atom is 0.162 e. The smallest absolute Gasteiger partial charge is 0.162 e. The summed E-state index contributed by atoms with van der Waals surface area (Å²) in [5, 5.41) is 0. The molecule has 0 atom stereocenters. The van der Waals surface area contributed by atoms with Crippen LogP contribution in [0.2, 0.25) is 0 Å². The molecule has 0 unspecified atom stereocenters. The van der Waals surface area contributed by atoms with Gasteiger partial charge in [0.2, 0.25) is 0 Å². The number of rotatable bonds is 4. The van der Waals surface area contributed by atoms with Crippen molar-refractivity contribution >= 4 is 11.2 Å². The van der Waals surface area contributed by atoms with E-state index in [1.165, 1.54) is 0 Å². The average molecular weight is 262 g/mol. The van der Waals surface area contributed by atoms with Crippen molar-refractivity contribution in [1.82, 2.24) is 0 Å². The fourth-order valence-corrected chi connectivity index (χ4v) is 2.69. The van der Waals surface area contributed by atoms with Gasteiger partial charge in [0.25, 0.3) is 0 Å². The van der Waals surface area contributed by atoms with Gasteiger partial charge in [0.15, 0.2) is 9.79 Å². The molecular formula is C14H14O3S. The quantitative estimate of drug-likeness (QED) is 0.796. The number of benzene rings is 2. The van der Waals surface area contributed by atoms with Gasteiger partial charge in [0.1, 0.15) is 11.5 Å². The van der Waals surface area contributed by atoms with Crippen molar-refractivity contribution in [2.45, 2.75) is 9.79 Å². The molecule has 0 saturated heterocycles. The van der Waals surface area contributed by atoms with Crippen molar-refractivity contribution in [3.63, 3.8) is 0 Å². The van der Waals surface area contributed by atoms with E-state index in [2.05, 4.69) is 0 Å². The van der Waals surface area contributed by atoms with Crippen LogP contribution in [0.4, 0.5) is 0 Å². The number of hydrogen-bond donors (Lipinski definition) is 0. The predicted molar refractivity (Wildman–Crippen MR) is 70.7 cm³/mol. The summed E-state index contributed by atoms with van der Waals surface area (Å²) in [5.74, 6) is 1.40. The van der Waals surface area contributed by atoms with Crippen LogP contribution in [0, 0.1) is 0 Å². The largest absolute Gasteiger partial charge is 0.606 e. The summed E-state index contributed by atoms with van der Waals surface area (Å²) in [4.78, 5) is 1.42. The van der Waals surface area contributed by atoms with Crippen molar-refractivity contribution in [1.29, 1.82) is 0 Å². The van der Waals surface area contributed by atoms with Gasteiger partial charge in [0, 0.05) is 23.3 Å². The minimum atomic E-state index is -1.23. The Balaban J connectivity index is 2.31. The first kappa shape index (κ1) is 12.8. The molecule has 0 spiro atoms. The van der Waals surface area contributed by atoms with E-state index in [-0.39, 0.29) is 0 Å². The molecule has 3 nitrogen and oxygen atoms in total. The standard InChI is InChI=1S/C14H14O3S/c1-16-11-5-3-7-13(9-11)18(15)14-8-4-6-12(10-14)17-2/h3-10H,1-2H3. The third kappa shape index (κ3) is 2.78. The van der Waals surface area contributed by atoms with Crippen molar-refractivity contribution in [3.05, 3.63) is 48.5 Å². The Morgan fingerprint density at radius 1 is 0.833 bits per heavy atom. The average Bonchev–Trinajstić information content (AvgIpc) is 2.46. The van der Waals surface area contributed by atoms with Crippen LogP contribution < -0.4 is 9.47 Å². The summed E-state index contributed by atoms with van der Waals surface area (Å²) in [6.45, 7) is 0. The van der Waals surface area contributed by atoms with Gasteiger partial charge < -0.3 is 14.0 Å². The monoisotopic (exact) mass is 262 g/mol. The maximum absolute atomic E-state index is 12.4. The maximum atomic E-state index is 12.4. The SMILES string of the molecule is COc1cccc([S+]([O-])c2cccc(OC)c2)c1. The summed E-state index contributed by atoms with van der Waals surface area (Å²) in [7, 11) is 3.18. The molecule has 0 aliphatic rings. The molecule has 0 heterocycles. The molecule has 18 heavy (non-hydrogen) atoms. The summed E-state index contributed by atoms with van der Waals surface area (Å²) >= 11 is -1.23. The van der Waals surface area contributed by atoms with Gasteiger partial charge in [-0.25, -0.2) is 0 Å². The lowest BCUT2D eigenvalue weighted by atomic mass is 10.3. The van der Waals surface area contributed by atoms with Crippen LogP contribution >= 0.6 is 0 Å². The van der Waals surface area contributed by atoms with E-state index < -0.39 is 11.2 Å². The predicted octanol–water partition coefficient (Wildman–Crippen LogP) is 2.87. The van der Waals surface area contributed by atoms with Crippen LogP contribution in [-0.4, -0.2) is 18.8 Å². The molecule has 2 rings (SSSR count). The molecular weight excluding hydrogens is 248 g/mol. The summed E-state index contributed by atoms with van der Waals surface area (Å²) in [6.07, 6.45) is 0. The fourth-order valence-electron chi connectivity index (χ4n) is 1.57. The second-order valence-corrected chi connectivity index (χ2v) is 5.11. The van der Waals surface area contributed by atoms with Crippen LogP contribution in [-0.2, 0) is 11.2 Å². The molecule has 0 fully saturated rings. The Morgan fingerprint density at radius 2 is 1.28 bits per heavy atom. The lowest BCUT2D eigenvalue weighted by molar-refractivity contribution is 0.413. The lowest BCUT2D eigenvalue weighted by Gasteiger charge is -2.11. The molecule has 0 bridgehead atoms. The molecule has 0 aliphatic heterocycles. The highest BCUT2D eigenvalue weighted by atomic mass is 32.2. The molecule has 0 amide bonds. The topological polar surface area (TPSA) is 41.5 Å². The van der Waals surface area contributed by atoms with Gasteiger partial charge in [-0.2, -0.15) is 0 Å².